The monoisotopic (exact) mass is 442 g/mol. The van der Waals surface area contributed by atoms with E-state index in [1.807, 2.05) is 43.3 Å². The van der Waals surface area contributed by atoms with E-state index in [1.54, 1.807) is 12.1 Å². The first-order chi connectivity index (χ1) is 15.0. The fourth-order valence-corrected chi connectivity index (χ4v) is 3.11. The smallest absolute Gasteiger partial charge is 0.257 e. The van der Waals surface area contributed by atoms with Crippen LogP contribution in [-0.2, 0) is 0 Å². The lowest BCUT2D eigenvalue weighted by Crippen LogP contribution is -2.34. The second kappa shape index (κ2) is 13.7. The van der Waals surface area contributed by atoms with Crippen LogP contribution in [0.1, 0.15) is 69.7 Å². The lowest BCUT2D eigenvalue weighted by atomic mass is 10.2. The van der Waals surface area contributed by atoms with Gasteiger partial charge in [-0.25, -0.2) is 0 Å². The Morgan fingerprint density at radius 3 is 2.45 bits per heavy atom. The first-order valence-electron chi connectivity index (χ1n) is 11.1. The first kappa shape index (κ1) is 24.7. The Morgan fingerprint density at radius 1 is 1.00 bits per heavy atom. The number of nitrogens with one attached hydrogen (secondary N) is 2. The second-order valence-electron chi connectivity index (χ2n) is 7.56. The van der Waals surface area contributed by atoms with Gasteiger partial charge in [-0.05, 0) is 68.4 Å². The molecular weight excluding hydrogens is 408 g/mol. The number of hydrogen-bond donors (Lipinski definition) is 2. The molecule has 0 aliphatic heterocycles. The van der Waals surface area contributed by atoms with E-state index in [-0.39, 0.29) is 17.1 Å². The van der Waals surface area contributed by atoms with Crippen molar-refractivity contribution in [1.82, 2.24) is 5.32 Å². The molecule has 0 radical (unpaired) electrons. The Bertz CT molecular complexity index is 824. The van der Waals surface area contributed by atoms with Crippen molar-refractivity contribution >= 4 is 28.9 Å². The summed E-state index contributed by atoms with van der Waals surface area (Å²) >= 11 is 5.28. The van der Waals surface area contributed by atoms with Gasteiger partial charge in [-0.2, -0.15) is 0 Å². The number of amides is 1. The maximum Gasteiger partial charge on any atom is 0.257 e. The lowest BCUT2D eigenvalue weighted by Gasteiger charge is -2.14. The van der Waals surface area contributed by atoms with Crippen LogP contribution in [0.5, 0.6) is 11.5 Å². The van der Waals surface area contributed by atoms with Crippen LogP contribution < -0.4 is 20.1 Å². The van der Waals surface area contributed by atoms with Crippen LogP contribution in [0.3, 0.4) is 0 Å². The summed E-state index contributed by atoms with van der Waals surface area (Å²) in [5, 5.41) is 5.97. The highest BCUT2D eigenvalue weighted by Gasteiger charge is 2.09. The molecule has 2 aromatic carbocycles. The molecule has 6 heteroatoms. The van der Waals surface area contributed by atoms with Gasteiger partial charge < -0.3 is 14.8 Å². The maximum absolute atomic E-state index is 12.5. The minimum Gasteiger partial charge on any atom is -0.494 e. The Labute approximate surface area is 191 Å². The molecule has 2 rings (SSSR count). The molecule has 0 aliphatic rings. The highest BCUT2D eigenvalue weighted by molar-refractivity contribution is 7.80. The molecule has 0 bridgehead atoms. The molecule has 5 nitrogen and oxygen atoms in total. The van der Waals surface area contributed by atoms with E-state index >= 15 is 0 Å². The number of rotatable bonds is 12. The summed E-state index contributed by atoms with van der Waals surface area (Å²) < 4.78 is 11.6. The molecule has 0 heterocycles. The zero-order chi connectivity index (χ0) is 22.5. The zero-order valence-electron chi connectivity index (χ0n) is 18.8. The van der Waals surface area contributed by atoms with E-state index in [0.717, 1.165) is 30.0 Å². The van der Waals surface area contributed by atoms with Crippen LogP contribution in [0.25, 0.3) is 0 Å². The molecule has 0 saturated carbocycles. The highest BCUT2D eigenvalue weighted by atomic mass is 32.1. The predicted molar refractivity (Wildman–Crippen MR) is 131 cm³/mol. The molecule has 2 N–H and O–H groups in total. The molecule has 0 spiro atoms. The van der Waals surface area contributed by atoms with Gasteiger partial charge in [0, 0.05) is 17.3 Å². The van der Waals surface area contributed by atoms with E-state index in [2.05, 4.69) is 24.5 Å². The normalized spacial score (nSPS) is 11.5. The quantitative estimate of drug-likeness (QED) is 0.297. The van der Waals surface area contributed by atoms with Crippen molar-refractivity contribution in [3.8, 4) is 11.5 Å². The number of hydrogen-bond acceptors (Lipinski definition) is 4. The standard InChI is InChI=1S/C25H34N2O3S/c1-4-6-7-8-9-17-29-22-15-13-20(14-16-22)24(28)27-25(31)26-21-11-10-12-23(18-21)30-19(3)5-2/h10-16,18-19H,4-9,17H2,1-3H3,(H2,26,27,28,31). The van der Waals surface area contributed by atoms with Crippen LogP contribution in [0.15, 0.2) is 48.5 Å². The molecule has 0 aliphatic carbocycles. The largest absolute Gasteiger partial charge is 0.494 e. The van der Waals surface area contributed by atoms with Crippen molar-refractivity contribution in [1.29, 1.82) is 0 Å². The molecule has 2 aromatic rings. The fourth-order valence-electron chi connectivity index (χ4n) is 2.90. The van der Waals surface area contributed by atoms with Crippen LogP contribution in [0, 0.1) is 0 Å². The van der Waals surface area contributed by atoms with E-state index in [4.69, 9.17) is 21.7 Å². The number of carbonyl (C=O) groups excluding carboxylic acids is 1. The Hall–Kier alpha value is -2.60. The van der Waals surface area contributed by atoms with Crippen LogP contribution >= 0.6 is 12.2 Å². The Morgan fingerprint density at radius 2 is 1.74 bits per heavy atom. The highest BCUT2D eigenvalue weighted by Crippen LogP contribution is 2.19. The molecule has 1 amide bonds. The number of carbonyl (C=O) groups is 1. The number of thiocarbonyl (C=S) groups is 1. The van der Waals surface area contributed by atoms with Crippen molar-refractivity contribution in [2.45, 2.75) is 65.4 Å². The van der Waals surface area contributed by atoms with Gasteiger partial charge in [-0.3, -0.25) is 10.1 Å². The van der Waals surface area contributed by atoms with Gasteiger partial charge in [0.2, 0.25) is 0 Å². The average Bonchev–Trinajstić information content (AvgIpc) is 2.76. The molecule has 0 fully saturated rings. The summed E-state index contributed by atoms with van der Waals surface area (Å²) in [6.45, 7) is 7.00. The van der Waals surface area contributed by atoms with E-state index in [9.17, 15) is 4.79 Å². The van der Waals surface area contributed by atoms with Crippen molar-refractivity contribution in [3.05, 3.63) is 54.1 Å². The van der Waals surface area contributed by atoms with Crippen LogP contribution in [-0.4, -0.2) is 23.7 Å². The minimum absolute atomic E-state index is 0.134. The van der Waals surface area contributed by atoms with E-state index in [1.165, 1.54) is 25.7 Å². The summed E-state index contributed by atoms with van der Waals surface area (Å²) in [4.78, 5) is 12.5. The van der Waals surface area contributed by atoms with Gasteiger partial charge in [0.25, 0.3) is 5.91 Å². The third-order valence-corrected chi connectivity index (χ3v) is 5.07. The number of unbranched alkanes of at least 4 members (excludes halogenated alkanes) is 4. The zero-order valence-corrected chi connectivity index (χ0v) is 19.6. The van der Waals surface area contributed by atoms with E-state index in [0.29, 0.717) is 12.2 Å². The third kappa shape index (κ3) is 9.39. The van der Waals surface area contributed by atoms with Crippen LogP contribution in [0.2, 0.25) is 0 Å². The van der Waals surface area contributed by atoms with E-state index < -0.39 is 0 Å². The Kier molecular flexibility index (Phi) is 10.9. The number of anilines is 1. The maximum atomic E-state index is 12.5. The molecule has 168 valence electrons. The molecule has 1 atom stereocenters. The molecule has 0 saturated heterocycles. The van der Waals surface area contributed by atoms with Gasteiger partial charge in [0.05, 0.1) is 12.7 Å². The molecule has 1 unspecified atom stereocenters. The first-order valence-corrected chi connectivity index (χ1v) is 11.5. The average molecular weight is 443 g/mol. The summed E-state index contributed by atoms with van der Waals surface area (Å²) in [5.41, 5.74) is 1.28. The minimum atomic E-state index is -0.268. The molecule has 0 aromatic heterocycles. The molecular formula is C25H34N2O3S. The number of benzene rings is 2. The van der Waals surface area contributed by atoms with Gasteiger partial charge in [0.1, 0.15) is 11.5 Å². The van der Waals surface area contributed by atoms with Gasteiger partial charge in [0.15, 0.2) is 5.11 Å². The number of ether oxygens (including phenoxy) is 2. The van der Waals surface area contributed by atoms with Gasteiger partial charge >= 0.3 is 0 Å². The van der Waals surface area contributed by atoms with Crippen molar-refractivity contribution in [2.24, 2.45) is 0 Å². The SMILES string of the molecule is CCCCCCCOc1ccc(C(=O)NC(=S)Nc2cccc(OC(C)CC)c2)cc1. The summed E-state index contributed by atoms with van der Waals surface area (Å²) in [5.74, 6) is 1.26. The lowest BCUT2D eigenvalue weighted by molar-refractivity contribution is 0.0977. The topological polar surface area (TPSA) is 59.6 Å². The van der Waals surface area contributed by atoms with Crippen molar-refractivity contribution in [3.63, 3.8) is 0 Å². The fraction of sp³-hybridized carbons (Fsp3) is 0.440. The summed E-state index contributed by atoms with van der Waals surface area (Å²) in [7, 11) is 0. The summed E-state index contributed by atoms with van der Waals surface area (Å²) in [6, 6.07) is 14.6. The predicted octanol–water partition coefficient (Wildman–Crippen LogP) is 6.34. The van der Waals surface area contributed by atoms with Crippen molar-refractivity contribution in [2.75, 3.05) is 11.9 Å². The third-order valence-electron chi connectivity index (χ3n) is 4.86. The molecule has 31 heavy (non-hydrogen) atoms. The van der Waals surface area contributed by atoms with Crippen LogP contribution in [0.4, 0.5) is 5.69 Å². The Balaban J connectivity index is 1.79. The summed E-state index contributed by atoms with van der Waals surface area (Å²) in [6.07, 6.45) is 7.06. The van der Waals surface area contributed by atoms with Gasteiger partial charge in [-0.1, -0.05) is 45.6 Å². The van der Waals surface area contributed by atoms with Crippen molar-refractivity contribution < 1.29 is 14.3 Å². The van der Waals surface area contributed by atoms with Gasteiger partial charge in [-0.15, -0.1) is 0 Å². The second-order valence-corrected chi connectivity index (χ2v) is 7.97.